The predicted molar refractivity (Wildman–Crippen MR) is 123 cm³/mol. The smallest absolute Gasteiger partial charge is 0.192 e. The Labute approximate surface area is 189 Å². The number of aliphatic hydroxyl groups is 1. The van der Waals surface area contributed by atoms with Gasteiger partial charge in [-0.05, 0) is 140 Å². The van der Waals surface area contributed by atoms with E-state index in [1.165, 1.54) is 44.9 Å². The van der Waals surface area contributed by atoms with Crippen molar-refractivity contribution in [1.82, 2.24) is 0 Å². The molecule has 0 heterocycles. The van der Waals surface area contributed by atoms with Crippen molar-refractivity contribution in [1.29, 1.82) is 0 Å². The largest absolute Gasteiger partial charge is 0.411 e. The number of rotatable bonds is 2. The molecule has 0 amide bonds. The molecule has 13 aliphatic rings. The Morgan fingerprint density at radius 2 is 1.13 bits per heavy atom. The van der Waals surface area contributed by atoms with Crippen molar-refractivity contribution >= 4 is 8.32 Å². The topological polar surface area (TPSA) is 29.5 Å². The molecule has 31 heavy (non-hydrogen) atoms. The number of hydrogen-bond donors (Lipinski definition) is 1. The summed E-state index contributed by atoms with van der Waals surface area (Å²) in [4.78, 5) is 0. The predicted octanol–water partition coefficient (Wildman–Crippen LogP) is 5.86. The van der Waals surface area contributed by atoms with Crippen LogP contribution in [0.5, 0.6) is 0 Å². The SMILES string of the molecule is CC(C)(C)[Si](C)(C)OC12CC3C4CC56CC7(O)CC8C9CC(C1)(C3C85)C(C4C2)C6C9C7. The standard InChI is InChI=1S/C28H42O2Si/c1-24(2,3)31(4,5)30-26-8-18-15-10-27-12-25(29)6-16-14-11-28(13-26,22(18)20(16)27)23(19(15)9-26)21(27)17(14)7-25/h14-23,29H,6-13H2,1-5H3. The van der Waals surface area contributed by atoms with E-state index in [1.807, 2.05) is 0 Å². The molecule has 0 aromatic heterocycles. The minimum Gasteiger partial charge on any atom is -0.411 e. The van der Waals surface area contributed by atoms with Crippen LogP contribution in [0.3, 0.4) is 0 Å². The lowest BCUT2D eigenvalue weighted by molar-refractivity contribution is -0.454. The Balaban J connectivity index is 1.21. The maximum atomic E-state index is 11.6. The van der Waals surface area contributed by atoms with E-state index < -0.39 is 8.32 Å². The second kappa shape index (κ2) is 4.53. The summed E-state index contributed by atoms with van der Waals surface area (Å²) in [6.07, 6.45) is 10.9. The van der Waals surface area contributed by atoms with Crippen LogP contribution in [-0.2, 0) is 4.43 Å². The average molecular weight is 439 g/mol. The van der Waals surface area contributed by atoms with E-state index in [4.69, 9.17) is 4.43 Å². The highest BCUT2D eigenvalue weighted by Crippen LogP contribution is 2.93. The van der Waals surface area contributed by atoms with E-state index in [0.717, 1.165) is 59.2 Å². The molecule has 8 atom stereocenters. The fraction of sp³-hybridized carbons (Fsp3) is 1.00. The van der Waals surface area contributed by atoms with Crippen LogP contribution in [0.2, 0.25) is 18.1 Å². The van der Waals surface area contributed by atoms with Crippen LogP contribution in [-0.4, -0.2) is 24.6 Å². The molecule has 1 N–H and O–H groups in total. The first kappa shape index (κ1) is 18.5. The van der Waals surface area contributed by atoms with Gasteiger partial charge in [-0.2, -0.15) is 0 Å². The molecule has 0 aliphatic heterocycles. The van der Waals surface area contributed by atoms with Gasteiger partial charge in [-0.3, -0.25) is 0 Å². The van der Waals surface area contributed by atoms with Crippen LogP contribution >= 0.6 is 0 Å². The maximum absolute atomic E-state index is 11.6. The van der Waals surface area contributed by atoms with E-state index in [2.05, 4.69) is 33.9 Å². The Morgan fingerprint density at radius 1 is 0.677 bits per heavy atom. The molecular weight excluding hydrogens is 396 g/mol. The molecule has 13 aliphatic carbocycles. The molecule has 0 aromatic rings. The fourth-order valence-electron chi connectivity index (χ4n) is 14.3. The highest BCUT2D eigenvalue weighted by molar-refractivity contribution is 6.74. The van der Waals surface area contributed by atoms with Gasteiger partial charge in [0.15, 0.2) is 8.32 Å². The molecule has 170 valence electrons. The summed E-state index contributed by atoms with van der Waals surface area (Å²) in [5.41, 5.74) is 1.19. The zero-order valence-corrected chi connectivity index (χ0v) is 21.3. The van der Waals surface area contributed by atoms with Crippen molar-refractivity contribution in [2.45, 2.75) is 101 Å². The van der Waals surface area contributed by atoms with Gasteiger partial charge in [0.1, 0.15) is 0 Å². The zero-order chi connectivity index (χ0) is 21.1. The third-order valence-corrected chi connectivity index (χ3v) is 19.3. The van der Waals surface area contributed by atoms with Crippen LogP contribution in [0.4, 0.5) is 0 Å². The van der Waals surface area contributed by atoms with E-state index >= 15 is 0 Å². The second-order valence-electron chi connectivity index (χ2n) is 16.4. The average Bonchev–Trinajstić information content (AvgIpc) is 2.63. The van der Waals surface area contributed by atoms with Gasteiger partial charge in [-0.25, -0.2) is 0 Å². The minimum atomic E-state index is -1.76. The van der Waals surface area contributed by atoms with E-state index in [9.17, 15) is 5.11 Å². The van der Waals surface area contributed by atoms with Gasteiger partial charge in [0.2, 0.25) is 0 Å². The van der Waals surface area contributed by atoms with Crippen molar-refractivity contribution in [2.75, 3.05) is 0 Å². The second-order valence-corrected chi connectivity index (χ2v) is 21.1. The minimum absolute atomic E-state index is 0.230. The summed E-state index contributed by atoms with van der Waals surface area (Å²) in [6, 6.07) is 0. The Hall–Kier alpha value is 0.137. The van der Waals surface area contributed by atoms with Gasteiger partial charge in [-0.15, -0.1) is 0 Å². The summed E-state index contributed by atoms with van der Waals surface area (Å²) in [6.45, 7) is 12.3. The van der Waals surface area contributed by atoms with E-state index in [-0.39, 0.29) is 11.2 Å². The van der Waals surface area contributed by atoms with Crippen molar-refractivity contribution in [3.8, 4) is 0 Å². The molecule has 0 aromatic carbocycles. The van der Waals surface area contributed by atoms with Crippen LogP contribution in [0.25, 0.3) is 0 Å². The molecule has 8 unspecified atom stereocenters. The summed E-state index contributed by atoms with van der Waals surface area (Å²) >= 11 is 0. The molecule has 3 heteroatoms. The molecular formula is C28H42O2Si. The summed E-state index contributed by atoms with van der Waals surface area (Å²) in [5, 5.41) is 11.9. The highest BCUT2D eigenvalue weighted by atomic mass is 28.4. The summed E-state index contributed by atoms with van der Waals surface area (Å²) in [5.74, 6) is 9.71. The van der Waals surface area contributed by atoms with Crippen molar-refractivity contribution in [3.63, 3.8) is 0 Å². The first-order chi connectivity index (χ1) is 14.4. The Kier molecular flexibility index (Phi) is 2.70. The Bertz CT molecular complexity index is 890. The van der Waals surface area contributed by atoms with Gasteiger partial charge < -0.3 is 9.53 Å². The van der Waals surface area contributed by atoms with Crippen LogP contribution in [0, 0.1) is 70.0 Å². The summed E-state index contributed by atoms with van der Waals surface area (Å²) < 4.78 is 7.51. The van der Waals surface area contributed by atoms with Crippen molar-refractivity contribution in [3.05, 3.63) is 0 Å². The first-order valence-corrected chi connectivity index (χ1v) is 16.8. The molecule has 13 fully saturated rings. The van der Waals surface area contributed by atoms with E-state index in [1.54, 1.807) is 6.42 Å². The molecule has 0 saturated heterocycles. The van der Waals surface area contributed by atoms with Crippen molar-refractivity contribution < 1.29 is 9.53 Å². The monoisotopic (exact) mass is 438 g/mol. The summed E-state index contributed by atoms with van der Waals surface area (Å²) in [7, 11) is -1.76. The third kappa shape index (κ3) is 1.63. The lowest BCUT2D eigenvalue weighted by Gasteiger charge is -2.92. The molecule has 0 radical (unpaired) electrons. The van der Waals surface area contributed by atoms with Gasteiger partial charge in [0.25, 0.3) is 0 Å². The lowest BCUT2D eigenvalue weighted by atomic mass is 9.13. The van der Waals surface area contributed by atoms with Crippen LogP contribution < -0.4 is 0 Å². The normalized spacial score (nSPS) is 69.9. The maximum Gasteiger partial charge on any atom is 0.192 e. The van der Waals surface area contributed by atoms with Gasteiger partial charge >= 0.3 is 0 Å². The van der Waals surface area contributed by atoms with Gasteiger partial charge in [-0.1, -0.05) is 20.8 Å². The number of hydrogen-bond acceptors (Lipinski definition) is 2. The molecule has 2 spiro atoms. The van der Waals surface area contributed by atoms with Gasteiger partial charge in [0.05, 0.1) is 11.2 Å². The van der Waals surface area contributed by atoms with Crippen LogP contribution in [0.15, 0.2) is 0 Å². The molecule has 13 rings (SSSR count). The molecule has 13 saturated carbocycles. The quantitative estimate of drug-likeness (QED) is 0.548. The fourth-order valence-corrected chi connectivity index (χ4v) is 15.9. The van der Waals surface area contributed by atoms with Crippen molar-refractivity contribution in [2.24, 2.45) is 70.0 Å². The molecule has 2 nitrogen and oxygen atoms in total. The zero-order valence-electron chi connectivity index (χ0n) is 20.3. The molecule has 14 bridgehead atoms. The first-order valence-electron chi connectivity index (χ1n) is 13.9. The highest BCUT2D eigenvalue weighted by Gasteiger charge is 2.89. The lowest BCUT2D eigenvalue weighted by Crippen LogP contribution is -2.88. The van der Waals surface area contributed by atoms with Crippen LogP contribution in [0.1, 0.15) is 72.1 Å². The van der Waals surface area contributed by atoms with Gasteiger partial charge in [0, 0.05) is 0 Å². The Morgan fingerprint density at radius 3 is 1.61 bits per heavy atom. The van der Waals surface area contributed by atoms with E-state index in [0.29, 0.717) is 15.9 Å². The third-order valence-electron chi connectivity index (χ3n) is 14.7.